The molecule has 0 aromatic rings. The molecule has 0 spiro atoms. The van der Waals surface area contributed by atoms with E-state index in [1.54, 1.807) is 0 Å². The summed E-state index contributed by atoms with van der Waals surface area (Å²) < 4.78 is 10.6. The second-order valence-corrected chi connectivity index (χ2v) is 5.74. The fourth-order valence-corrected chi connectivity index (χ4v) is 2.72. The molecule has 2 fully saturated rings. The summed E-state index contributed by atoms with van der Waals surface area (Å²) in [6.07, 6.45) is -12.6. The third-order valence-electron chi connectivity index (χ3n) is 4.16. The zero-order valence-corrected chi connectivity index (χ0v) is 11.7. The zero-order chi connectivity index (χ0) is 16.6. The average Bonchev–Trinajstić information content (AvgIpc) is 2.49. The van der Waals surface area contributed by atoms with E-state index in [0.717, 1.165) is 0 Å². The van der Waals surface area contributed by atoms with Gasteiger partial charge in [0.05, 0.1) is 24.9 Å². The van der Waals surface area contributed by atoms with Crippen molar-refractivity contribution < 1.29 is 45.2 Å². The van der Waals surface area contributed by atoms with Gasteiger partial charge in [-0.25, -0.2) is 0 Å². The van der Waals surface area contributed by atoms with Crippen LogP contribution < -0.4 is 5.73 Å². The van der Waals surface area contributed by atoms with E-state index in [-0.39, 0.29) is 6.42 Å². The summed E-state index contributed by atoms with van der Waals surface area (Å²) in [6, 6.07) is -1.19. The van der Waals surface area contributed by atoms with Crippen LogP contribution in [-0.2, 0) is 9.47 Å². The van der Waals surface area contributed by atoms with Crippen molar-refractivity contribution in [2.45, 2.75) is 67.6 Å². The number of ether oxygens (including phenoxy) is 2. The molecule has 0 amide bonds. The van der Waals surface area contributed by atoms with Gasteiger partial charge in [0, 0.05) is 6.42 Å². The Labute approximate surface area is 126 Å². The number of hydrogen-bond acceptors (Lipinski definition) is 10. The first kappa shape index (κ1) is 17.9. The van der Waals surface area contributed by atoms with Gasteiger partial charge in [-0.3, -0.25) is 0 Å². The topological polar surface area (TPSA) is 186 Å². The molecular formula is C12H23NO9. The van der Waals surface area contributed by atoms with Crippen LogP contribution in [0, 0.1) is 0 Å². The molecule has 2 aliphatic rings. The van der Waals surface area contributed by atoms with Gasteiger partial charge in [0.2, 0.25) is 0 Å². The normalized spacial score (nSPS) is 53.5. The van der Waals surface area contributed by atoms with Crippen molar-refractivity contribution in [3.05, 3.63) is 0 Å². The first-order valence-corrected chi connectivity index (χ1v) is 7.03. The van der Waals surface area contributed by atoms with E-state index in [2.05, 4.69) is 0 Å². The van der Waals surface area contributed by atoms with E-state index in [4.69, 9.17) is 20.3 Å². The van der Waals surface area contributed by atoms with Gasteiger partial charge in [-0.1, -0.05) is 0 Å². The Morgan fingerprint density at radius 2 is 1.55 bits per heavy atom. The van der Waals surface area contributed by atoms with Crippen molar-refractivity contribution in [2.75, 3.05) is 6.61 Å². The van der Waals surface area contributed by atoms with Crippen molar-refractivity contribution in [1.29, 1.82) is 0 Å². The summed E-state index contributed by atoms with van der Waals surface area (Å²) in [7, 11) is 0. The van der Waals surface area contributed by atoms with Crippen molar-refractivity contribution in [1.82, 2.24) is 0 Å². The molecule has 130 valence electrons. The number of rotatable bonds is 3. The average molecular weight is 325 g/mol. The molecule has 10 atom stereocenters. The minimum Gasteiger partial charge on any atom is -0.394 e. The number of aliphatic hydroxyl groups is 7. The van der Waals surface area contributed by atoms with Crippen molar-refractivity contribution in [3.63, 3.8) is 0 Å². The smallest absolute Gasteiger partial charge is 0.176 e. The number of nitrogens with two attached hydrogens (primary N) is 1. The van der Waals surface area contributed by atoms with E-state index in [1.807, 2.05) is 0 Å². The first-order valence-electron chi connectivity index (χ1n) is 7.03. The van der Waals surface area contributed by atoms with Gasteiger partial charge in [-0.05, 0) is 0 Å². The molecule has 0 radical (unpaired) electrons. The molecule has 0 unspecified atom stereocenters. The van der Waals surface area contributed by atoms with Gasteiger partial charge in [-0.15, -0.1) is 0 Å². The molecule has 2 rings (SSSR count). The number of hydrogen-bond donors (Lipinski definition) is 8. The standard InChI is InChI=1S/C12H23NO9/c13-6-9(19)8(18)5(2-14)21-12(6)22-11-4(16)1-3(15)7(17)10(11)20/h3-12,14-20H,1-2,13H2/t3-,4+,5+,6+,7+,8+,9+,10-,11-,12+/m0/s1. The largest absolute Gasteiger partial charge is 0.394 e. The molecule has 1 saturated heterocycles. The Kier molecular flexibility index (Phi) is 5.72. The predicted octanol–water partition coefficient (Wildman–Crippen LogP) is -5.01. The molecule has 0 bridgehead atoms. The lowest BCUT2D eigenvalue weighted by molar-refractivity contribution is -0.306. The predicted molar refractivity (Wildman–Crippen MR) is 69.3 cm³/mol. The fourth-order valence-electron chi connectivity index (χ4n) is 2.72. The third kappa shape index (κ3) is 3.26. The van der Waals surface area contributed by atoms with Crippen LogP contribution in [0.4, 0.5) is 0 Å². The zero-order valence-electron chi connectivity index (χ0n) is 11.7. The van der Waals surface area contributed by atoms with Crippen LogP contribution >= 0.6 is 0 Å². The SMILES string of the molecule is N[C@H]1[C@@H](O[C@@H]2[C@@H](O)[C@H](O)[C@@H](O)C[C@H]2O)O[C@H](CO)[C@@H](O)[C@@H]1O. The highest BCUT2D eigenvalue weighted by molar-refractivity contribution is 4.96. The Bertz CT molecular complexity index is 371. The fraction of sp³-hybridized carbons (Fsp3) is 1.00. The monoisotopic (exact) mass is 325 g/mol. The molecule has 10 heteroatoms. The van der Waals surface area contributed by atoms with E-state index in [1.165, 1.54) is 0 Å². The van der Waals surface area contributed by atoms with Crippen LogP contribution in [0.25, 0.3) is 0 Å². The van der Waals surface area contributed by atoms with Gasteiger partial charge in [0.25, 0.3) is 0 Å². The highest BCUT2D eigenvalue weighted by Crippen LogP contribution is 2.28. The van der Waals surface area contributed by atoms with Gasteiger partial charge in [0.15, 0.2) is 6.29 Å². The van der Waals surface area contributed by atoms with Gasteiger partial charge in [-0.2, -0.15) is 0 Å². The van der Waals surface area contributed by atoms with Crippen LogP contribution in [0.15, 0.2) is 0 Å². The molecule has 0 aromatic carbocycles. The molecule has 1 saturated carbocycles. The van der Waals surface area contributed by atoms with E-state index < -0.39 is 67.8 Å². The summed E-state index contributed by atoms with van der Waals surface area (Å²) in [4.78, 5) is 0. The summed E-state index contributed by atoms with van der Waals surface area (Å²) in [5, 5.41) is 67.4. The molecule has 1 aliphatic heterocycles. The van der Waals surface area contributed by atoms with E-state index in [0.29, 0.717) is 0 Å². The van der Waals surface area contributed by atoms with E-state index in [9.17, 15) is 30.6 Å². The van der Waals surface area contributed by atoms with Crippen LogP contribution in [0.1, 0.15) is 6.42 Å². The summed E-state index contributed by atoms with van der Waals surface area (Å²) in [5.74, 6) is 0. The summed E-state index contributed by atoms with van der Waals surface area (Å²) >= 11 is 0. The molecule has 22 heavy (non-hydrogen) atoms. The van der Waals surface area contributed by atoms with Gasteiger partial charge in [0.1, 0.15) is 36.6 Å². The van der Waals surface area contributed by atoms with Crippen molar-refractivity contribution in [3.8, 4) is 0 Å². The second-order valence-electron chi connectivity index (χ2n) is 5.74. The lowest BCUT2D eigenvalue weighted by atomic mass is 9.87. The lowest BCUT2D eigenvalue weighted by Gasteiger charge is -2.45. The lowest BCUT2D eigenvalue weighted by Crippen LogP contribution is -2.65. The maximum absolute atomic E-state index is 9.88. The highest BCUT2D eigenvalue weighted by Gasteiger charge is 2.48. The maximum atomic E-state index is 9.88. The molecule has 1 heterocycles. The molecule has 10 nitrogen and oxygen atoms in total. The van der Waals surface area contributed by atoms with Gasteiger partial charge >= 0.3 is 0 Å². The van der Waals surface area contributed by atoms with E-state index >= 15 is 0 Å². The molecular weight excluding hydrogens is 302 g/mol. The summed E-state index contributed by atoms with van der Waals surface area (Å²) in [5.41, 5.74) is 5.68. The molecule has 9 N–H and O–H groups in total. The quantitative estimate of drug-likeness (QED) is 0.250. The second kappa shape index (κ2) is 7.01. The highest BCUT2D eigenvalue weighted by atomic mass is 16.7. The van der Waals surface area contributed by atoms with Crippen LogP contribution in [0.2, 0.25) is 0 Å². The minimum absolute atomic E-state index is 0.223. The van der Waals surface area contributed by atoms with Crippen molar-refractivity contribution in [2.24, 2.45) is 5.73 Å². The Morgan fingerprint density at radius 3 is 2.14 bits per heavy atom. The molecule has 1 aliphatic carbocycles. The minimum atomic E-state index is -1.59. The van der Waals surface area contributed by atoms with Crippen LogP contribution in [0.5, 0.6) is 0 Å². The number of aliphatic hydroxyl groups excluding tert-OH is 7. The van der Waals surface area contributed by atoms with Crippen LogP contribution in [-0.4, -0.2) is 104 Å². The van der Waals surface area contributed by atoms with Crippen LogP contribution in [0.3, 0.4) is 0 Å². The Hall–Kier alpha value is -0.400. The Morgan fingerprint density at radius 1 is 0.909 bits per heavy atom. The summed E-state index contributed by atoms with van der Waals surface area (Å²) in [6.45, 7) is -0.595. The first-order chi connectivity index (χ1) is 10.3. The van der Waals surface area contributed by atoms with Crippen molar-refractivity contribution >= 4 is 0 Å². The molecule has 0 aromatic heterocycles. The third-order valence-corrected chi connectivity index (χ3v) is 4.16. The Balaban J connectivity index is 2.08. The maximum Gasteiger partial charge on any atom is 0.176 e. The van der Waals surface area contributed by atoms with Gasteiger partial charge < -0.3 is 51.0 Å².